The maximum atomic E-state index is 12.6. The van der Waals surface area contributed by atoms with Crippen molar-refractivity contribution in [3.63, 3.8) is 0 Å². The summed E-state index contributed by atoms with van der Waals surface area (Å²) in [6.45, 7) is 1.14. The summed E-state index contributed by atoms with van der Waals surface area (Å²) in [4.78, 5) is 11.2. The minimum Gasteiger partial charge on any atom is -0.395 e. The molecule has 1 aromatic carbocycles. The molecule has 0 unspecified atom stereocenters. The first-order chi connectivity index (χ1) is 8.34. The third kappa shape index (κ3) is 3.92. The van der Waals surface area contributed by atoms with Gasteiger partial charge in [0.15, 0.2) is 0 Å². The number of hydrogen-bond acceptors (Lipinski definition) is 2. The topological polar surface area (TPSA) is 61.4 Å². The molecule has 3 N–H and O–H groups in total. The van der Waals surface area contributed by atoms with E-state index < -0.39 is 17.8 Å². The highest BCUT2D eigenvalue weighted by Crippen LogP contribution is 2.33. The number of aliphatic hydroxyl groups is 1. The third-order valence-electron chi connectivity index (χ3n) is 2.20. The standard InChI is InChI=1S/C11H13F3N2O2/c1-7-2-3-8(6-9(7)11(12,13)14)16-10(18)15-4-5-17/h2-3,6,17H,4-5H2,1H3,(H2,15,16,18). The number of anilines is 1. The fraction of sp³-hybridized carbons (Fsp3) is 0.364. The minimum absolute atomic E-state index is 0.0316. The second kappa shape index (κ2) is 5.72. The number of aliphatic hydroxyl groups excluding tert-OH is 1. The molecule has 0 saturated carbocycles. The maximum absolute atomic E-state index is 12.6. The number of alkyl halides is 3. The highest BCUT2D eigenvalue weighted by molar-refractivity contribution is 5.89. The zero-order valence-electron chi connectivity index (χ0n) is 9.64. The molecule has 0 radical (unpaired) electrons. The van der Waals surface area contributed by atoms with Gasteiger partial charge in [-0.05, 0) is 24.6 Å². The monoisotopic (exact) mass is 262 g/mol. The van der Waals surface area contributed by atoms with Crippen LogP contribution in [0.1, 0.15) is 11.1 Å². The molecule has 0 aliphatic carbocycles. The van der Waals surface area contributed by atoms with Crippen LogP contribution in [0.5, 0.6) is 0 Å². The molecule has 1 rings (SSSR count). The first kappa shape index (κ1) is 14.3. The van der Waals surface area contributed by atoms with E-state index in [1.54, 1.807) is 0 Å². The van der Waals surface area contributed by atoms with Gasteiger partial charge in [0.1, 0.15) is 0 Å². The van der Waals surface area contributed by atoms with Crippen LogP contribution < -0.4 is 10.6 Å². The molecular weight excluding hydrogens is 249 g/mol. The largest absolute Gasteiger partial charge is 0.416 e. The van der Waals surface area contributed by atoms with Gasteiger partial charge in [-0.2, -0.15) is 13.2 Å². The number of rotatable bonds is 3. The Labute approximate surface area is 102 Å². The van der Waals surface area contributed by atoms with E-state index in [-0.39, 0.29) is 24.4 Å². The van der Waals surface area contributed by atoms with E-state index in [0.29, 0.717) is 0 Å². The second-order valence-corrected chi connectivity index (χ2v) is 3.63. The van der Waals surface area contributed by atoms with E-state index in [1.165, 1.54) is 19.1 Å². The summed E-state index contributed by atoms with van der Waals surface area (Å²) < 4.78 is 37.8. The third-order valence-corrected chi connectivity index (χ3v) is 2.20. The number of carbonyl (C=O) groups excluding carboxylic acids is 1. The van der Waals surface area contributed by atoms with Gasteiger partial charge < -0.3 is 15.7 Å². The van der Waals surface area contributed by atoms with Crippen molar-refractivity contribution >= 4 is 11.7 Å². The number of amides is 2. The van der Waals surface area contributed by atoms with Crippen LogP contribution >= 0.6 is 0 Å². The number of benzene rings is 1. The van der Waals surface area contributed by atoms with Gasteiger partial charge >= 0.3 is 12.2 Å². The zero-order valence-corrected chi connectivity index (χ0v) is 9.64. The highest BCUT2D eigenvalue weighted by atomic mass is 19.4. The summed E-state index contributed by atoms with van der Waals surface area (Å²) in [6.07, 6.45) is -4.46. The lowest BCUT2D eigenvalue weighted by Crippen LogP contribution is -2.31. The average molecular weight is 262 g/mol. The molecule has 7 heteroatoms. The van der Waals surface area contributed by atoms with Crippen LogP contribution in [-0.4, -0.2) is 24.3 Å². The van der Waals surface area contributed by atoms with Crippen LogP contribution in [-0.2, 0) is 6.18 Å². The van der Waals surface area contributed by atoms with Crippen molar-refractivity contribution in [3.8, 4) is 0 Å². The van der Waals surface area contributed by atoms with Gasteiger partial charge in [0.2, 0.25) is 0 Å². The Morgan fingerprint density at radius 3 is 2.61 bits per heavy atom. The van der Waals surface area contributed by atoms with Crippen LogP contribution in [0, 0.1) is 6.92 Å². The van der Waals surface area contributed by atoms with Crippen molar-refractivity contribution in [1.29, 1.82) is 0 Å². The van der Waals surface area contributed by atoms with E-state index in [1.807, 2.05) is 0 Å². The van der Waals surface area contributed by atoms with Crippen molar-refractivity contribution in [1.82, 2.24) is 5.32 Å². The van der Waals surface area contributed by atoms with Crippen LogP contribution in [0.25, 0.3) is 0 Å². The summed E-state index contributed by atoms with van der Waals surface area (Å²) in [5, 5.41) is 13.0. The molecule has 0 aliphatic rings. The van der Waals surface area contributed by atoms with Gasteiger partial charge in [-0.1, -0.05) is 6.07 Å². The Kier molecular flexibility index (Phi) is 4.55. The first-order valence-electron chi connectivity index (χ1n) is 5.18. The Balaban J connectivity index is 2.83. The number of urea groups is 1. The lowest BCUT2D eigenvalue weighted by molar-refractivity contribution is -0.138. The molecule has 0 bridgehead atoms. The van der Waals surface area contributed by atoms with Crippen molar-refractivity contribution in [2.24, 2.45) is 0 Å². The van der Waals surface area contributed by atoms with Crippen LogP contribution in [0.2, 0.25) is 0 Å². The molecular formula is C11H13F3N2O2. The Morgan fingerprint density at radius 2 is 2.06 bits per heavy atom. The molecule has 0 heterocycles. The predicted molar refractivity (Wildman–Crippen MR) is 60.3 cm³/mol. The van der Waals surface area contributed by atoms with Crippen LogP contribution in [0.3, 0.4) is 0 Å². The Bertz CT molecular complexity index is 433. The molecule has 1 aromatic rings. The molecule has 0 spiro atoms. The summed E-state index contributed by atoms with van der Waals surface area (Å²) in [5.41, 5.74) is -0.658. The van der Waals surface area contributed by atoms with E-state index in [0.717, 1.165) is 6.07 Å². The first-order valence-corrected chi connectivity index (χ1v) is 5.18. The summed E-state index contributed by atoms with van der Waals surface area (Å²) in [5.74, 6) is 0. The number of halogens is 3. The van der Waals surface area contributed by atoms with Crippen molar-refractivity contribution in [2.45, 2.75) is 13.1 Å². The van der Waals surface area contributed by atoms with Gasteiger partial charge in [0.25, 0.3) is 0 Å². The van der Waals surface area contributed by atoms with Gasteiger partial charge in [0, 0.05) is 12.2 Å². The normalized spacial score (nSPS) is 11.2. The van der Waals surface area contributed by atoms with Crippen molar-refractivity contribution in [3.05, 3.63) is 29.3 Å². The Morgan fingerprint density at radius 1 is 1.39 bits per heavy atom. The molecule has 0 aliphatic heterocycles. The van der Waals surface area contributed by atoms with Gasteiger partial charge in [-0.15, -0.1) is 0 Å². The maximum Gasteiger partial charge on any atom is 0.416 e. The average Bonchev–Trinajstić information content (AvgIpc) is 2.27. The zero-order chi connectivity index (χ0) is 13.8. The smallest absolute Gasteiger partial charge is 0.395 e. The van der Waals surface area contributed by atoms with Crippen LogP contribution in [0.4, 0.5) is 23.7 Å². The summed E-state index contributed by atoms with van der Waals surface area (Å²) in [6, 6.07) is 2.86. The fourth-order valence-corrected chi connectivity index (χ4v) is 1.35. The number of aryl methyl sites for hydroxylation is 1. The molecule has 4 nitrogen and oxygen atoms in total. The molecule has 100 valence electrons. The molecule has 18 heavy (non-hydrogen) atoms. The minimum atomic E-state index is -4.46. The van der Waals surface area contributed by atoms with Gasteiger partial charge in [-0.3, -0.25) is 0 Å². The number of nitrogens with one attached hydrogen (secondary N) is 2. The van der Waals surface area contributed by atoms with Crippen LogP contribution in [0.15, 0.2) is 18.2 Å². The number of carbonyl (C=O) groups is 1. The SMILES string of the molecule is Cc1ccc(NC(=O)NCCO)cc1C(F)(F)F. The highest BCUT2D eigenvalue weighted by Gasteiger charge is 2.32. The molecule has 0 saturated heterocycles. The quantitative estimate of drug-likeness (QED) is 0.781. The fourth-order valence-electron chi connectivity index (χ4n) is 1.35. The van der Waals surface area contributed by atoms with Crippen molar-refractivity contribution in [2.75, 3.05) is 18.5 Å². The van der Waals surface area contributed by atoms with E-state index in [4.69, 9.17) is 5.11 Å². The second-order valence-electron chi connectivity index (χ2n) is 3.63. The van der Waals surface area contributed by atoms with E-state index in [2.05, 4.69) is 10.6 Å². The molecule has 0 atom stereocenters. The summed E-state index contributed by atoms with van der Waals surface area (Å²) >= 11 is 0. The van der Waals surface area contributed by atoms with E-state index >= 15 is 0 Å². The van der Waals surface area contributed by atoms with Gasteiger partial charge in [-0.25, -0.2) is 4.79 Å². The predicted octanol–water partition coefficient (Wildman–Crippen LogP) is 2.13. The molecule has 0 aromatic heterocycles. The van der Waals surface area contributed by atoms with Gasteiger partial charge in [0.05, 0.1) is 12.2 Å². The van der Waals surface area contributed by atoms with Crippen molar-refractivity contribution < 1.29 is 23.1 Å². The lowest BCUT2D eigenvalue weighted by Gasteiger charge is -2.13. The molecule has 0 fully saturated rings. The Hall–Kier alpha value is -1.76. The number of hydrogen-bond donors (Lipinski definition) is 3. The lowest BCUT2D eigenvalue weighted by atomic mass is 10.1. The molecule has 2 amide bonds. The summed E-state index contributed by atoms with van der Waals surface area (Å²) in [7, 11) is 0. The van der Waals surface area contributed by atoms with E-state index in [9.17, 15) is 18.0 Å².